The monoisotopic (exact) mass is 271 g/mol. The SMILES string of the molecule is CCCNCc1nc(OCCN(C)C)ccc1Cl. The van der Waals surface area contributed by atoms with Crippen LogP contribution < -0.4 is 10.1 Å². The van der Waals surface area contributed by atoms with Crippen LogP contribution in [0.15, 0.2) is 12.1 Å². The Bertz CT molecular complexity index is 358. The molecule has 1 aromatic heterocycles. The van der Waals surface area contributed by atoms with Crippen molar-refractivity contribution in [2.75, 3.05) is 33.8 Å². The van der Waals surface area contributed by atoms with Crippen molar-refractivity contribution in [1.82, 2.24) is 15.2 Å². The summed E-state index contributed by atoms with van der Waals surface area (Å²) >= 11 is 6.09. The fourth-order valence-electron chi connectivity index (χ4n) is 1.39. The zero-order valence-electron chi connectivity index (χ0n) is 11.4. The molecule has 1 aromatic rings. The van der Waals surface area contributed by atoms with Gasteiger partial charge in [-0.25, -0.2) is 4.98 Å². The Morgan fingerprint density at radius 1 is 1.39 bits per heavy atom. The molecule has 0 aromatic carbocycles. The van der Waals surface area contributed by atoms with E-state index in [0.29, 0.717) is 24.1 Å². The van der Waals surface area contributed by atoms with E-state index in [1.165, 1.54) is 0 Å². The van der Waals surface area contributed by atoms with Crippen molar-refractivity contribution in [3.8, 4) is 5.88 Å². The summed E-state index contributed by atoms with van der Waals surface area (Å²) in [5.74, 6) is 0.634. The number of nitrogens with zero attached hydrogens (tertiary/aromatic N) is 2. The molecule has 5 heteroatoms. The lowest BCUT2D eigenvalue weighted by molar-refractivity contribution is 0.253. The molecule has 0 bridgehead atoms. The summed E-state index contributed by atoms with van der Waals surface area (Å²) in [7, 11) is 4.03. The summed E-state index contributed by atoms with van der Waals surface area (Å²) in [6, 6.07) is 3.64. The van der Waals surface area contributed by atoms with E-state index in [1.807, 2.05) is 20.2 Å². The number of hydrogen-bond acceptors (Lipinski definition) is 4. The lowest BCUT2D eigenvalue weighted by Gasteiger charge is -2.12. The van der Waals surface area contributed by atoms with Crippen LogP contribution >= 0.6 is 11.6 Å². The highest BCUT2D eigenvalue weighted by Crippen LogP contribution is 2.17. The first-order valence-corrected chi connectivity index (χ1v) is 6.65. The first-order valence-electron chi connectivity index (χ1n) is 6.27. The Morgan fingerprint density at radius 2 is 2.17 bits per heavy atom. The van der Waals surface area contributed by atoms with Gasteiger partial charge in [0, 0.05) is 19.2 Å². The Balaban J connectivity index is 2.51. The molecule has 1 N–H and O–H groups in total. The minimum absolute atomic E-state index is 0.628. The molecule has 0 saturated heterocycles. The predicted octanol–water partition coefficient (Wildman–Crippen LogP) is 2.17. The van der Waals surface area contributed by atoms with Crippen LogP contribution in [0.2, 0.25) is 5.02 Å². The second-order valence-electron chi connectivity index (χ2n) is 4.41. The van der Waals surface area contributed by atoms with Gasteiger partial charge >= 0.3 is 0 Å². The van der Waals surface area contributed by atoms with Crippen molar-refractivity contribution >= 4 is 11.6 Å². The molecule has 0 aliphatic rings. The second-order valence-corrected chi connectivity index (χ2v) is 4.81. The average Bonchev–Trinajstić information content (AvgIpc) is 2.33. The minimum Gasteiger partial charge on any atom is -0.476 e. The third kappa shape index (κ3) is 5.67. The van der Waals surface area contributed by atoms with Gasteiger partial charge in [-0.2, -0.15) is 0 Å². The number of aromatic nitrogens is 1. The van der Waals surface area contributed by atoms with Crippen LogP contribution in [0.4, 0.5) is 0 Å². The lowest BCUT2D eigenvalue weighted by atomic mass is 10.3. The van der Waals surface area contributed by atoms with Gasteiger partial charge in [0.25, 0.3) is 0 Å². The van der Waals surface area contributed by atoms with E-state index in [4.69, 9.17) is 16.3 Å². The highest BCUT2D eigenvalue weighted by Gasteiger charge is 2.04. The topological polar surface area (TPSA) is 37.4 Å². The molecule has 0 fully saturated rings. The lowest BCUT2D eigenvalue weighted by Crippen LogP contribution is -2.20. The van der Waals surface area contributed by atoms with Crippen molar-refractivity contribution in [3.63, 3.8) is 0 Å². The first kappa shape index (κ1) is 15.2. The highest BCUT2D eigenvalue weighted by molar-refractivity contribution is 6.31. The van der Waals surface area contributed by atoms with E-state index in [2.05, 4.69) is 22.1 Å². The highest BCUT2D eigenvalue weighted by atomic mass is 35.5. The number of nitrogens with one attached hydrogen (secondary N) is 1. The molecule has 4 nitrogen and oxygen atoms in total. The second kappa shape index (κ2) is 8.29. The number of likely N-dealkylation sites (N-methyl/N-ethyl adjacent to an activating group) is 1. The number of hydrogen-bond donors (Lipinski definition) is 1. The number of rotatable bonds is 8. The summed E-state index contributed by atoms with van der Waals surface area (Å²) in [6.45, 7) is 5.27. The molecule has 0 saturated carbocycles. The van der Waals surface area contributed by atoms with E-state index in [-0.39, 0.29) is 0 Å². The van der Waals surface area contributed by atoms with Gasteiger partial charge in [-0.3, -0.25) is 0 Å². The summed E-state index contributed by atoms with van der Waals surface area (Å²) in [5, 5.41) is 3.96. The van der Waals surface area contributed by atoms with Crippen molar-refractivity contribution in [1.29, 1.82) is 0 Å². The molecule has 1 heterocycles. The quantitative estimate of drug-likeness (QED) is 0.736. The van der Waals surface area contributed by atoms with Crippen LogP contribution in [0.25, 0.3) is 0 Å². The largest absolute Gasteiger partial charge is 0.476 e. The van der Waals surface area contributed by atoms with Crippen molar-refractivity contribution in [2.24, 2.45) is 0 Å². The molecule has 0 aliphatic heterocycles. The smallest absolute Gasteiger partial charge is 0.213 e. The summed E-state index contributed by atoms with van der Waals surface area (Å²) in [6.07, 6.45) is 1.09. The van der Waals surface area contributed by atoms with E-state index in [1.54, 1.807) is 6.07 Å². The molecular weight excluding hydrogens is 250 g/mol. The zero-order chi connectivity index (χ0) is 13.4. The molecule has 0 aliphatic carbocycles. The molecule has 102 valence electrons. The molecular formula is C13H22ClN3O. The van der Waals surface area contributed by atoms with Gasteiger partial charge in [-0.15, -0.1) is 0 Å². The van der Waals surface area contributed by atoms with E-state index < -0.39 is 0 Å². The number of halogens is 1. The normalized spacial score (nSPS) is 10.9. The number of ether oxygens (including phenoxy) is 1. The fourth-order valence-corrected chi connectivity index (χ4v) is 1.56. The first-order chi connectivity index (χ1) is 8.63. The zero-order valence-corrected chi connectivity index (χ0v) is 12.1. The van der Waals surface area contributed by atoms with Crippen LogP contribution in [-0.4, -0.2) is 43.7 Å². The molecule has 0 spiro atoms. The fraction of sp³-hybridized carbons (Fsp3) is 0.615. The molecule has 0 radical (unpaired) electrons. The minimum atomic E-state index is 0.628. The maximum absolute atomic E-state index is 6.09. The third-order valence-electron chi connectivity index (χ3n) is 2.40. The standard InChI is InChI=1S/C13H22ClN3O/c1-4-7-15-10-12-11(14)5-6-13(16-12)18-9-8-17(2)3/h5-6,15H,4,7-10H2,1-3H3. The number of pyridine rings is 1. The van der Waals surface area contributed by atoms with E-state index in [9.17, 15) is 0 Å². The van der Waals surface area contributed by atoms with Gasteiger partial charge in [-0.05, 0) is 33.1 Å². The Hall–Kier alpha value is -0.840. The van der Waals surface area contributed by atoms with Gasteiger partial charge in [0.2, 0.25) is 5.88 Å². The molecule has 18 heavy (non-hydrogen) atoms. The molecule has 1 rings (SSSR count). The molecule has 0 unspecified atom stereocenters. The summed E-state index contributed by atoms with van der Waals surface area (Å²) in [4.78, 5) is 6.47. The summed E-state index contributed by atoms with van der Waals surface area (Å²) < 4.78 is 5.58. The van der Waals surface area contributed by atoms with Crippen molar-refractivity contribution in [3.05, 3.63) is 22.8 Å². The average molecular weight is 272 g/mol. The predicted molar refractivity (Wildman–Crippen MR) is 75.3 cm³/mol. The van der Waals surface area contributed by atoms with Gasteiger partial charge in [-0.1, -0.05) is 18.5 Å². The van der Waals surface area contributed by atoms with Gasteiger partial charge in [0.1, 0.15) is 6.61 Å². The van der Waals surface area contributed by atoms with Gasteiger partial charge in [0.05, 0.1) is 10.7 Å². The van der Waals surface area contributed by atoms with Crippen molar-refractivity contribution in [2.45, 2.75) is 19.9 Å². The van der Waals surface area contributed by atoms with Gasteiger partial charge in [0.15, 0.2) is 0 Å². The van der Waals surface area contributed by atoms with Crippen LogP contribution in [-0.2, 0) is 6.54 Å². The molecule has 0 atom stereocenters. The van der Waals surface area contributed by atoms with E-state index in [0.717, 1.165) is 25.2 Å². The maximum atomic E-state index is 6.09. The summed E-state index contributed by atoms with van der Waals surface area (Å²) in [5.41, 5.74) is 0.840. The van der Waals surface area contributed by atoms with Crippen LogP contribution in [0.3, 0.4) is 0 Å². The Labute approximate surface area is 114 Å². The van der Waals surface area contributed by atoms with Crippen LogP contribution in [0, 0.1) is 0 Å². The van der Waals surface area contributed by atoms with Crippen LogP contribution in [0.1, 0.15) is 19.0 Å². The maximum Gasteiger partial charge on any atom is 0.213 e. The third-order valence-corrected chi connectivity index (χ3v) is 2.74. The van der Waals surface area contributed by atoms with E-state index >= 15 is 0 Å². The molecule has 0 amide bonds. The van der Waals surface area contributed by atoms with Crippen molar-refractivity contribution < 1.29 is 4.74 Å². The Morgan fingerprint density at radius 3 is 2.83 bits per heavy atom. The van der Waals surface area contributed by atoms with Crippen LogP contribution in [0.5, 0.6) is 5.88 Å². The Kier molecular flexibility index (Phi) is 7.01. The van der Waals surface area contributed by atoms with Gasteiger partial charge < -0.3 is 15.0 Å².